The van der Waals surface area contributed by atoms with E-state index in [1.54, 1.807) is 12.1 Å². The molecule has 0 radical (unpaired) electrons. The maximum Gasteiger partial charge on any atom is 0.229 e. The Labute approximate surface area is 181 Å². The van der Waals surface area contributed by atoms with Crippen molar-refractivity contribution in [1.29, 1.82) is 0 Å². The van der Waals surface area contributed by atoms with Gasteiger partial charge in [-0.15, -0.1) is 0 Å². The molecule has 0 fully saturated rings. The van der Waals surface area contributed by atoms with Gasteiger partial charge in [0.15, 0.2) is 0 Å². The average molecular weight is 438 g/mol. The molecule has 7 heteroatoms. The van der Waals surface area contributed by atoms with Gasteiger partial charge in [0.05, 0.1) is 23.3 Å². The summed E-state index contributed by atoms with van der Waals surface area (Å²) in [6.07, 6.45) is 1.13. The lowest BCUT2D eigenvalue weighted by atomic mass is 10.0. The zero-order chi connectivity index (χ0) is 21.3. The van der Waals surface area contributed by atoms with Crippen LogP contribution in [-0.4, -0.2) is 24.5 Å². The topological polar surface area (TPSA) is 64.0 Å². The Bertz CT molecular complexity index is 1280. The van der Waals surface area contributed by atoms with Crippen LogP contribution in [0.4, 0.5) is 5.69 Å². The molecule has 0 amide bonds. The molecule has 0 bridgehead atoms. The second-order valence-corrected chi connectivity index (χ2v) is 9.27. The van der Waals surface area contributed by atoms with Crippen molar-refractivity contribution in [2.24, 2.45) is 0 Å². The SMILES string of the molecule is Cc1cc(-c2ccc(-c3ccc(Cl)cc3)cc2)n(-c2ccc(NS(C)(=O)=O)cc2)n1. The van der Waals surface area contributed by atoms with E-state index in [9.17, 15) is 8.42 Å². The highest BCUT2D eigenvalue weighted by Crippen LogP contribution is 2.28. The molecule has 5 nitrogen and oxygen atoms in total. The number of rotatable bonds is 5. The molecule has 4 aromatic rings. The highest BCUT2D eigenvalue weighted by Gasteiger charge is 2.11. The van der Waals surface area contributed by atoms with Crippen LogP contribution < -0.4 is 4.72 Å². The molecule has 0 aliphatic rings. The van der Waals surface area contributed by atoms with Crippen LogP contribution in [0.15, 0.2) is 78.9 Å². The minimum Gasteiger partial charge on any atom is -0.284 e. The van der Waals surface area contributed by atoms with E-state index < -0.39 is 10.0 Å². The zero-order valence-corrected chi connectivity index (χ0v) is 18.1. The van der Waals surface area contributed by atoms with Gasteiger partial charge in [0.2, 0.25) is 10.0 Å². The van der Waals surface area contributed by atoms with E-state index in [1.165, 1.54) is 0 Å². The van der Waals surface area contributed by atoms with Crippen molar-refractivity contribution in [3.63, 3.8) is 0 Å². The number of aromatic nitrogens is 2. The van der Waals surface area contributed by atoms with E-state index in [-0.39, 0.29) is 0 Å². The second-order valence-electron chi connectivity index (χ2n) is 7.09. The molecule has 0 unspecified atom stereocenters. The van der Waals surface area contributed by atoms with Crippen molar-refractivity contribution in [1.82, 2.24) is 9.78 Å². The summed E-state index contributed by atoms with van der Waals surface area (Å²) < 4.78 is 27.1. The Morgan fingerprint density at radius 1 is 0.833 bits per heavy atom. The summed E-state index contributed by atoms with van der Waals surface area (Å²) >= 11 is 5.98. The van der Waals surface area contributed by atoms with E-state index in [0.717, 1.165) is 40.0 Å². The van der Waals surface area contributed by atoms with Gasteiger partial charge in [0.25, 0.3) is 0 Å². The number of sulfonamides is 1. The second kappa shape index (κ2) is 7.97. The Balaban J connectivity index is 1.65. The number of hydrogen-bond donors (Lipinski definition) is 1. The smallest absolute Gasteiger partial charge is 0.229 e. The summed E-state index contributed by atoms with van der Waals surface area (Å²) in [4.78, 5) is 0. The van der Waals surface area contributed by atoms with E-state index in [2.05, 4.69) is 34.1 Å². The largest absolute Gasteiger partial charge is 0.284 e. The Morgan fingerprint density at radius 3 is 1.93 bits per heavy atom. The van der Waals surface area contributed by atoms with Gasteiger partial charge < -0.3 is 0 Å². The summed E-state index contributed by atoms with van der Waals surface area (Å²) in [7, 11) is -3.31. The Kier molecular flexibility index (Phi) is 5.37. The zero-order valence-electron chi connectivity index (χ0n) is 16.5. The lowest BCUT2D eigenvalue weighted by Gasteiger charge is -2.10. The number of benzene rings is 3. The standard InChI is InChI=1S/C23H20ClN3O2S/c1-16-15-23(19-5-3-17(4-6-19)18-7-9-20(24)10-8-18)27(25-16)22-13-11-21(12-14-22)26-30(2,28)29/h3-15,26H,1-2H3. The summed E-state index contributed by atoms with van der Waals surface area (Å²) in [5, 5.41) is 5.33. The average Bonchev–Trinajstić information content (AvgIpc) is 3.10. The minimum atomic E-state index is -3.31. The van der Waals surface area contributed by atoms with Gasteiger partial charge in [-0.05, 0) is 60.5 Å². The van der Waals surface area contributed by atoms with Crippen LogP contribution in [0, 0.1) is 6.92 Å². The van der Waals surface area contributed by atoms with Crippen molar-refractivity contribution >= 4 is 27.3 Å². The van der Waals surface area contributed by atoms with E-state index in [1.807, 2.05) is 54.1 Å². The molecular formula is C23H20ClN3O2S. The normalized spacial score (nSPS) is 11.4. The van der Waals surface area contributed by atoms with Crippen molar-refractivity contribution in [2.45, 2.75) is 6.92 Å². The molecule has 3 aromatic carbocycles. The highest BCUT2D eigenvalue weighted by molar-refractivity contribution is 7.92. The van der Waals surface area contributed by atoms with Crippen LogP contribution in [0.1, 0.15) is 5.69 Å². The molecule has 0 aliphatic carbocycles. The van der Waals surface area contributed by atoms with Crippen molar-refractivity contribution < 1.29 is 8.42 Å². The predicted molar refractivity (Wildman–Crippen MR) is 123 cm³/mol. The van der Waals surface area contributed by atoms with Crippen LogP contribution in [-0.2, 0) is 10.0 Å². The molecule has 30 heavy (non-hydrogen) atoms. The first-order chi connectivity index (χ1) is 14.3. The number of aryl methyl sites for hydroxylation is 1. The number of halogens is 1. The lowest BCUT2D eigenvalue weighted by Crippen LogP contribution is -2.09. The van der Waals surface area contributed by atoms with Crippen LogP contribution >= 0.6 is 11.6 Å². The molecule has 4 rings (SSSR count). The van der Waals surface area contributed by atoms with Crippen LogP contribution in [0.2, 0.25) is 5.02 Å². The molecule has 0 atom stereocenters. The third kappa shape index (κ3) is 4.56. The minimum absolute atomic E-state index is 0.513. The first-order valence-corrected chi connectivity index (χ1v) is 11.6. The number of nitrogens with one attached hydrogen (secondary N) is 1. The molecule has 0 saturated heterocycles. The van der Waals surface area contributed by atoms with Gasteiger partial charge in [0.1, 0.15) is 0 Å². The van der Waals surface area contributed by atoms with Crippen molar-refractivity contribution in [3.05, 3.63) is 89.6 Å². The van der Waals surface area contributed by atoms with E-state index in [4.69, 9.17) is 11.6 Å². The van der Waals surface area contributed by atoms with E-state index >= 15 is 0 Å². The maximum atomic E-state index is 11.4. The van der Waals surface area contributed by atoms with Crippen molar-refractivity contribution in [2.75, 3.05) is 11.0 Å². The van der Waals surface area contributed by atoms with Gasteiger partial charge in [-0.1, -0.05) is 48.0 Å². The fourth-order valence-electron chi connectivity index (χ4n) is 3.26. The summed E-state index contributed by atoms with van der Waals surface area (Å²) in [5.41, 5.74) is 6.45. The summed E-state index contributed by atoms with van der Waals surface area (Å²) in [5.74, 6) is 0. The molecule has 0 spiro atoms. The van der Waals surface area contributed by atoms with Gasteiger partial charge in [0, 0.05) is 16.3 Å². The van der Waals surface area contributed by atoms with Gasteiger partial charge in [-0.2, -0.15) is 5.10 Å². The fraction of sp³-hybridized carbons (Fsp3) is 0.0870. The Hall–Kier alpha value is -3.09. The first kappa shape index (κ1) is 20.2. The van der Waals surface area contributed by atoms with Gasteiger partial charge in [-0.3, -0.25) is 4.72 Å². The Morgan fingerprint density at radius 2 is 1.37 bits per heavy atom. The molecular weight excluding hydrogens is 418 g/mol. The first-order valence-electron chi connectivity index (χ1n) is 9.30. The summed E-state index contributed by atoms with van der Waals surface area (Å²) in [6, 6.07) is 25.2. The third-order valence-corrected chi connectivity index (χ3v) is 5.46. The van der Waals surface area contributed by atoms with Gasteiger partial charge in [-0.25, -0.2) is 13.1 Å². The molecule has 0 saturated carbocycles. The molecule has 1 heterocycles. The van der Waals surface area contributed by atoms with Crippen LogP contribution in [0.3, 0.4) is 0 Å². The number of hydrogen-bond acceptors (Lipinski definition) is 3. The van der Waals surface area contributed by atoms with Crippen LogP contribution in [0.5, 0.6) is 0 Å². The number of nitrogens with zero attached hydrogens (tertiary/aromatic N) is 2. The lowest BCUT2D eigenvalue weighted by molar-refractivity contribution is 0.607. The third-order valence-electron chi connectivity index (χ3n) is 4.60. The van der Waals surface area contributed by atoms with Crippen LogP contribution in [0.25, 0.3) is 28.1 Å². The quantitative estimate of drug-likeness (QED) is 0.445. The number of anilines is 1. The monoisotopic (exact) mass is 437 g/mol. The highest BCUT2D eigenvalue weighted by atomic mass is 35.5. The molecule has 0 aliphatic heterocycles. The molecule has 1 N–H and O–H groups in total. The summed E-state index contributed by atoms with van der Waals surface area (Å²) in [6.45, 7) is 1.95. The van der Waals surface area contributed by atoms with E-state index in [0.29, 0.717) is 10.7 Å². The van der Waals surface area contributed by atoms with Crippen molar-refractivity contribution in [3.8, 4) is 28.1 Å². The molecule has 1 aromatic heterocycles. The predicted octanol–water partition coefficient (Wildman–Crippen LogP) is 5.54. The van der Waals surface area contributed by atoms with Gasteiger partial charge >= 0.3 is 0 Å². The fourth-order valence-corrected chi connectivity index (χ4v) is 3.95. The molecule has 152 valence electrons. The maximum absolute atomic E-state index is 11.4.